The molecule has 0 radical (unpaired) electrons. The number of fused-ring (bicyclic) bond motifs is 3. The molecule has 49 heavy (non-hydrogen) atoms. The molecule has 9 nitrogen and oxygen atoms in total. The third-order valence-corrected chi connectivity index (χ3v) is 11.2. The van der Waals surface area contributed by atoms with Gasteiger partial charge in [-0.2, -0.15) is 28.4 Å². The van der Waals surface area contributed by atoms with Crippen molar-refractivity contribution in [3.63, 3.8) is 0 Å². The normalized spacial score (nSPS) is 20.6. The number of benzene rings is 2. The SMILES string of the molecule is C=CC(=O)N1C[C@@H](F)[C@@H](N(C)c2nc(OCC34CCCN3CCC4)nc3cc(-c4ccc(F)c5sc(N)c(C#N)c45)c(C(F)(F)F)cc23)C1. The summed E-state index contributed by atoms with van der Waals surface area (Å²) in [6.45, 7) is 5.37. The Kier molecular flexibility index (Phi) is 8.14. The highest BCUT2D eigenvalue weighted by molar-refractivity contribution is 7.23. The number of thiophene rings is 1. The lowest BCUT2D eigenvalue weighted by Gasteiger charge is -2.32. The van der Waals surface area contributed by atoms with Crippen LogP contribution in [0.15, 0.2) is 36.9 Å². The van der Waals surface area contributed by atoms with Gasteiger partial charge in [0.2, 0.25) is 5.91 Å². The number of nitriles is 1. The second-order valence-corrected chi connectivity index (χ2v) is 13.9. The number of alkyl halides is 4. The van der Waals surface area contributed by atoms with E-state index in [4.69, 9.17) is 10.5 Å². The smallest absolute Gasteiger partial charge is 0.417 e. The summed E-state index contributed by atoms with van der Waals surface area (Å²) < 4.78 is 81.4. The Morgan fingerprint density at radius 2 is 1.96 bits per heavy atom. The predicted octanol–water partition coefficient (Wildman–Crippen LogP) is 6.30. The number of hydrogen-bond donors (Lipinski definition) is 1. The molecule has 3 fully saturated rings. The number of hydrogen-bond acceptors (Lipinski definition) is 9. The van der Waals surface area contributed by atoms with Crippen molar-refractivity contribution in [3.8, 4) is 23.2 Å². The van der Waals surface area contributed by atoms with Crippen molar-refractivity contribution in [3.05, 3.63) is 53.9 Å². The zero-order valence-corrected chi connectivity index (χ0v) is 27.3. The van der Waals surface area contributed by atoms with E-state index in [-0.39, 0.29) is 79.7 Å². The zero-order chi connectivity index (χ0) is 34.8. The molecule has 4 aromatic rings. The molecule has 0 saturated carbocycles. The number of likely N-dealkylation sites (N-methyl/N-ethyl adjacent to an activating group) is 1. The number of carbonyl (C=O) groups is 1. The minimum atomic E-state index is -4.92. The molecule has 2 N–H and O–H groups in total. The minimum Gasteiger partial charge on any atom is -0.461 e. The van der Waals surface area contributed by atoms with Crippen molar-refractivity contribution in [1.82, 2.24) is 19.8 Å². The van der Waals surface area contributed by atoms with Gasteiger partial charge in [0.25, 0.3) is 0 Å². The van der Waals surface area contributed by atoms with E-state index < -0.39 is 35.7 Å². The van der Waals surface area contributed by atoms with E-state index in [0.29, 0.717) is 0 Å². The summed E-state index contributed by atoms with van der Waals surface area (Å²) in [4.78, 5) is 26.5. The number of anilines is 2. The lowest BCUT2D eigenvalue weighted by Crippen LogP contribution is -2.43. The third kappa shape index (κ3) is 5.51. The standard InChI is InChI=1S/C34H32F5N7O2S/c1-3-27(47)45-15-24(36)26(16-45)44(2)31-20-12-22(34(37,38)39)19(18-6-7-23(35)29-28(18)21(14-40)30(41)49-29)13-25(20)42-32(43-31)48-17-33-8-4-10-46(33)11-5-9-33/h3,6-7,12-13,24,26H,1,4-5,8-11,15-17,41H2,2H3/t24-,26+/m1/s1. The van der Waals surface area contributed by atoms with Crippen molar-refractivity contribution in [1.29, 1.82) is 5.26 Å². The zero-order valence-electron chi connectivity index (χ0n) is 26.5. The Bertz CT molecular complexity index is 2030. The van der Waals surface area contributed by atoms with Gasteiger partial charge in [-0.15, -0.1) is 11.3 Å². The third-order valence-electron chi connectivity index (χ3n) is 10.1. The average Bonchev–Trinajstić information content (AvgIpc) is 3.84. The van der Waals surface area contributed by atoms with Crippen LogP contribution in [0.3, 0.4) is 0 Å². The van der Waals surface area contributed by atoms with E-state index in [9.17, 15) is 27.6 Å². The summed E-state index contributed by atoms with van der Waals surface area (Å²) in [7, 11) is 1.51. The van der Waals surface area contributed by atoms with Gasteiger partial charge in [-0.25, -0.2) is 8.78 Å². The Hall–Kier alpha value is -4.55. The van der Waals surface area contributed by atoms with Gasteiger partial charge in [-0.05, 0) is 74.2 Å². The Morgan fingerprint density at radius 3 is 2.63 bits per heavy atom. The van der Waals surface area contributed by atoms with Crippen LogP contribution in [0.1, 0.15) is 36.8 Å². The fourth-order valence-electron chi connectivity index (χ4n) is 7.69. The van der Waals surface area contributed by atoms with Crippen molar-refractivity contribution in [2.75, 3.05) is 50.5 Å². The second-order valence-electron chi connectivity index (χ2n) is 12.8. The first-order valence-corrected chi connectivity index (χ1v) is 16.7. The van der Waals surface area contributed by atoms with Crippen LogP contribution in [0.2, 0.25) is 0 Å². The largest absolute Gasteiger partial charge is 0.461 e. The Morgan fingerprint density at radius 1 is 1.22 bits per heavy atom. The van der Waals surface area contributed by atoms with E-state index in [1.54, 1.807) is 0 Å². The number of carbonyl (C=O) groups excluding carboxylic acids is 1. The number of ether oxygens (including phenoxy) is 1. The molecule has 3 aliphatic heterocycles. The minimum absolute atomic E-state index is 0.00783. The van der Waals surface area contributed by atoms with E-state index >= 15 is 4.39 Å². The van der Waals surface area contributed by atoms with Gasteiger partial charge < -0.3 is 20.3 Å². The number of nitrogens with two attached hydrogens (primary N) is 1. The van der Waals surface area contributed by atoms with Crippen LogP contribution < -0.4 is 15.4 Å². The predicted molar refractivity (Wildman–Crippen MR) is 177 cm³/mol. The maximum atomic E-state index is 15.5. The van der Waals surface area contributed by atoms with Crippen LogP contribution in [0.4, 0.5) is 32.8 Å². The molecule has 0 unspecified atom stereocenters. The highest BCUT2D eigenvalue weighted by Gasteiger charge is 2.45. The molecule has 2 atom stereocenters. The van der Waals surface area contributed by atoms with E-state index in [2.05, 4.69) is 21.4 Å². The summed E-state index contributed by atoms with van der Waals surface area (Å²) in [5, 5.41) is 9.75. The number of amides is 1. The van der Waals surface area contributed by atoms with Crippen LogP contribution in [0, 0.1) is 17.1 Å². The highest BCUT2D eigenvalue weighted by Crippen LogP contribution is 2.47. The number of aromatic nitrogens is 2. The number of likely N-dealkylation sites (tertiary alicyclic amines) is 1. The Balaban J connectivity index is 1.42. The molecule has 2 aromatic carbocycles. The summed E-state index contributed by atoms with van der Waals surface area (Å²) in [6.07, 6.45) is -1.48. The lowest BCUT2D eigenvalue weighted by molar-refractivity contribution is -0.137. The summed E-state index contributed by atoms with van der Waals surface area (Å²) in [5.74, 6) is -1.19. The molecule has 0 bridgehead atoms. The highest BCUT2D eigenvalue weighted by atomic mass is 32.1. The number of rotatable bonds is 7. The van der Waals surface area contributed by atoms with Crippen LogP contribution >= 0.6 is 11.3 Å². The summed E-state index contributed by atoms with van der Waals surface area (Å²) in [5.41, 5.74) is 4.26. The number of halogens is 5. The van der Waals surface area contributed by atoms with Crippen molar-refractivity contribution < 1.29 is 31.5 Å². The van der Waals surface area contributed by atoms with Gasteiger partial charge in [0.05, 0.1) is 39.5 Å². The van der Waals surface area contributed by atoms with Crippen molar-refractivity contribution in [2.45, 2.75) is 49.6 Å². The van der Waals surface area contributed by atoms with Gasteiger partial charge in [0.1, 0.15) is 35.5 Å². The Labute approximate surface area is 282 Å². The van der Waals surface area contributed by atoms with E-state index in [1.807, 2.05) is 6.07 Å². The van der Waals surface area contributed by atoms with Gasteiger partial charge in [0.15, 0.2) is 0 Å². The van der Waals surface area contributed by atoms with Crippen molar-refractivity contribution in [2.24, 2.45) is 0 Å². The molecular weight excluding hydrogens is 665 g/mol. The quantitative estimate of drug-likeness (QED) is 0.177. The van der Waals surface area contributed by atoms with Crippen LogP contribution in [0.25, 0.3) is 32.1 Å². The first kappa shape index (κ1) is 33.0. The fraction of sp³-hybridized carbons (Fsp3) is 0.412. The fourth-order valence-corrected chi connectivity index (χ4v) is 8.64. The average molecular weight is 698 g/mol. The first-order valence-electron chi connectivity index (χ1n) is 15.8. The van der Waals surface area contributed by atoms with Gasteiger partial charge in [-0.3, -0.25) is 9.69 Å². The molecule has 1 amide bonds. The van der Waals surface area contributed by atoms with Crippen LogP contribution in [-0.2, 0) is 11.0 Å². The topological polar surface area (TPSA) is 112 Å². The second kappa shape index (κ2) is 12.1. The molecule has 7 rings (SSSR count). The van der Waals surface area contributed by atoms with Gasteiger partial charge in [0, 0.05) is 24.4 Å². The van der Waals surface area contributed by atoms with E-state index in [0.717, 1.165) is 68.3 Å². The first-order chi connectivity index (χ1) is 23.3. The van der Waals surface area contributed by atoms with Crippen molar-refractivity contribution >= 4 is 49.1 Å². The van der Waals surface area contributed by atoms with E-state index in [1.165, 1.54) is 29.0 Å². The molecule has 256 valence electrons. The van der Waals surface area contributed by atoms with Gasteiger partial charge >= 0.3 is 12.2 Å². The molecule has 3 saturated heterocycles. The molecular formula is C34H32F5N7O2S. The molecule has 0 spiro atoms. The lowest BCUT2D eigenvalue weighted by atomic mass is 9.93. The maximum absolute atomic E-state index is 15.5. The van der Waals surface area contributed by atoms with Crippen LogP contribution in [0.5, 0.6) is 6.01 Å². The molecule has 15 heteroatoms. The summed E-state index contributed by atoms with van der Waals surface area (Å²) >= 11 is 0.781. The maximum Gasteiger partial charge on any atom is 0.417 e. The summed E-state index contributed by atoms with van der Waals surface area (Å²) in [6, 6.07) is 5.22. The molecule has 5 heterocycles. The molecule has 3 aliphatic rings. The monoisotopic (exact) mass is 697 g/mol. The molecule has 2 aromatic heterocycles. The molecule has 0 aliphatic carbocycles. The number of nitrogens with zero attached hydrogens (tertiary/aromatic N) is 6. The number of nitrogen functional groups attached to an aromatic ring is 1. The van der Waals surface area contributed by atoms with Crippen LogP contribution in [-0.4, -0.2) is 83.3 Å². The van der Waals surface area contributed by atoms with Gasteiger partial charge in [-0.1, -0.05) is 12.6 Å².